The highest BCUT2D eigenvalue weighted by atomic mass is 16.6. The van der Waals surface area contributed by atoms with Crippen molar-refractivity contribution in [3.8, 4) is 0 Å². The lowest BCUT2D eigenvalue weighted by atomic mass is 9.85. The summed E-state index contributed by atoms with van der Waals surface area (Å²) in [4.78, 5) is 23.4. The van der Waals surface area contributed by atoms with Crippen LogP contribution in [-0.2, 0) is 19.1 Å². The Balaban J connectivity index is 3.01. The summed E-state index contributed by atoms with van der Waals surface area (Å²) in [5.74, 6) is -2.27. The summed E-state index contributed by atoms with van der Waals surface area (Å²) in [5.41, 5.74) is -1.80. The molecule has 1 N–H and O–H groups in total. The van der Waals surface area contributed by atoms with Crippen LogP contribution >= 0.6 is 0 Å². The van der Waals surface area contributed by atoms with E-state index in [1.807, 2.05) is 0 Å². The van der Waals surface area contributed by atoms with Gasteiger partial charge in [-0.15, -0.1) is 0 Å². The van der Waals surface area contributed by atoms with Crippen LogP contribution in [-0.4, -0.2) is 35.9 Å². The average molecular weight is 244 g/mol. The van der Waals surface area contributed by atoms with Crippen molar-refractivity contribution in [1.29, 1.82) is 0 Å². The Bertz CT molecular complexity index is 283. The molecule has 0 bridgehead atoms. The van der Waals surface area contributed by atoms with Gasteiger partial charge < -0.3 is 14.6 Å². The highest BCUT2D eigenvalue weighted by molar-refractivity contribution is 6.03. The van der Waals surface area contributed by atoms with E-state index in [-0.39, 0.29) is 19.1 Å². The van der Waals surface area contributed by atoms with Gasteiger partial charge in [-0.05, 0) is 26.7 Å². The quantitative estimate of drug-likeness (QED) is 0.567. The fourth-order valence-corrected chi connectivity index (χ4v) is 2.47. The van der Waals surface area contributed by atoms with E-state index in [9.17, 15) is 14.7 Å². The van der Waals surface area contributed by atoms with Crippen molar-refractivity contribution in [2.45, 2.75) is 45.1 Å². The van der Waals surface area contributed by atoms with E-state index in [1.54, 1.807) is 13.8 Å². The van der Waals surface area contributed by atoms with Crippen LogP contribution in [0.3, 0.4) is 0 Å². The Hall–Kier alpha value is -1.10. The fraction of sp³-hybridized carbons (Fsp3) is 0.833. The second-order valence-corrected chi connectivity index (χ2v) is 4.18. The van der Waals surface area contributed by atoms with Gasteiger partial charge in [0.2, 0.25) is 0 Å². The maximum atomic E-state index is 12.0. The smallest absolute Gasteiger partial charge is 0.350 e. The topological polar surface area (TPSA) is 72.8 Å². The predicted molar refractivity (Wildman–Crippen MR) is 60.6 cm³/mol. The van der Waals surface area contributed by atoms with Gasteiger partial charge in [0, 0.05) is 12.5 Å². The Kier molecular flexibility index (Phi) is 4.93. The van der Waals surface area contributed by atoms with Crippen molar-refractivity contribution >= 4 is 11.9 Å². The molecule has 0 heterocycles. The van der Waals surface area contributed by atoms with Crippen molar-refractivity contribution in [2.24, 2.45) is 5.92 Å². The monoisotopic (exact) mass is 244 g/mol. The van der Waals surface area contributed by atoms with Crippen LogP contribution in [0.4, 0.5) is 0 Å². The second-order valence-electron chi connectivity index (χ2n) is 4.18. The fourth-order valence-electron chi connectivity index (χ4n) is 2.47. The first-order chi connectivity index (χ1) is 8.09. The van der Waals surface area contributed by atoms with Gasteiger partial charge in [-0.2, -0.15) is 0 Å². The Labute approximate surface area is 101 Å². The van der Waals surface area contributed by atoms with Gasteiger partial charge in [-0.25, -0.2) is 9.59 Å². The molecule has 1 aliphatic rings. The molecular weight excluding hydrogens is 224 g/mol. The molecule has 0 aliphatic heterocycles. The van der Waals surface area contributed by atoms with Gasteiger partial charge in [0.15, 0.2) is 0 Å². The lowest BCUT2D eigenvalue weighted by Crippen LogP contribution is -2.55. The summed E-state index contributed by atoms with van der Waals surface area (Å²) >= 11 is 0. The number of carboxylic acids is 1. The summed E-state index contributed by atoms with van der Waals surface area (Å²) in [6.45, 7) is 3.69. The average Bonchev–Trinajstić information content (AvgIpc) is 2.79. The molecule has 0 aromatic rings. The number of carbonyl (C=O) groups excluding carboxylic acids is 1. The van der Waals surface area contributed by atoms with E-state index in [0.717, 1.165) is 12.8 Å². The minimum Gasteiger partial charge on any atom is -0.479 e. The van der Waals surface area contributed by atoms with E-state index < -0.39 is 17.5 Å². The second kappa shape index (κ2) is 6.00. The van der Waals surface area contributed by atoms with Gasteiger partial charge in [-0.1, -0.05) is 12.8 Å². The van der Waals surface area contributed by atoms with E-state index in [2.05, 4.69) is 0 Å². The van der Waals surface area contributed by atoms with E-state index in [0.29, 0.717) is 12.8 Å². The molecular formula is C12H20O5. The summed E-state index contributed by atoms with van der Waals surface area (Å²) in [5, 5.41) is 9.39. The first-order valence-electron chi connectivity index (χ1n) is 6.14. The van der Waals surface area contributed by atoms with Crippen molar-refractivity contribution in [3.63, 3.8) is 0 Å². The SMILES string of the molecule is CCOC(=O)C(OCC)(C(=O)O)C1CCCC1. The molecule has 0 saturated heterocycles. The molecule has 1 unspecified atom stereocenters. The number of esters is 1. The number of rotatable bonds is 6. The van der Waals surface area contributed by atoms with Crippen molar-refractivity contribution in [3.05, 3.63) is 0 Å². The molecule has 1 atom stereocenters. The number of carboxylic acid groups (broad SMARTS) is 1. The summed E-state index contributed by atoms with van der Waals surface area (Å²) in [6.07, 6.45) is 3.27. The minimum absolute atomic E-state index is 0.160. The van der Waals surface area contributed by atoms with Gasteiger partial charge in [0.25, 0.3) is 5.60 Å². The Morgan fingerprint density at radius 1 is 1.24 bits per heavy atom. The van der Waals surface area contributed by atoms with E-state index >= 15 is 0 Å². The van der Waals surface area contributed by atoms with E-state index in [4.69, 9.17) is 9.47 Å². The van der Waals surface area contributed by atoms with Crippen LogP contribution in [0.15, 0.2) is 0 Å². The number of hydrogen-bond acceptors (Lipinski definition) is 4. The third-order valence-electron chi connectivity index (χ3n) is 3.20. The molecule has 5 heteroatoms. The molecule has 0 aromatic heterocycles. The lowest BCUT2D eigenvalue weighted by molar-refractivity contribution is -0.195. The van der Waals surface area contributed by atoms with Gasteiger partial charge in [-0.3, -0.25) is 0 Å². The largest absolute Gasteiger partial charge is 0.479 e. The van der Waals surface area contributed by atoms with Crippen LogP contribution in [0, 0.1) is 5.92 Å². The molecule has 1 aliphatic carbocycles. The van der Waals surface area contributed by atoms with Gasteiger partial charge in [0.1, 0.15) is 0 Å². The maximum absolute atomic E-state index is 12.0. The molecule has 1 fully saturated rings. The number of hydrogen-bond donors (Lipinski definition) is 1. The molecule has 0 spiro atoms. The first-order valence-corrected chi connectivity index (χ1v) is 6.14. The van der Waals surface area contributed by atoms with Crippen molar-refractivity contribution in [2.75, 3.05) is 13.2 Å². The molecule has 17 heavy (non-hydrogen) atoms. The number of ether oxygens (including phenoxy) is 2. The molecule has 5 nitrogen and oxygen atoms in total. The third-order valence-corrected chi connectivity index (χ3v) is 3.20. The Morgan fingerprint density at radius 2 is 1.82 bits per heavy atom. The minimum atomic E-state index is -1.80. The van der Waals surface area contributed by atoms with Crippen LogP contribution in [0.25, 0.3) is 0 Å². The standard InChI is InChI=1S/C12H20O5/c1-3-16-11(15)12(10(13)14,17-4-2)9-7-5-6-8-9/h9H,3-8H2,1-2H3,(H,13,14). The molecule has 1 rings (SSSR count). The first kappa shape index (κ1) is 14.0. The Morgan fingerprint density at radius 3 is 2.24 bits per heavy atom. The lowest BCUT2D eigenvalue weighted by Gasteiger charge is -2.32. The summed E-state index contributed by atoms with van der Waals surface area (Å²) in [6, 6.07) is 0. The molecule has 98 valence electrons. The molecule has 0 aromatic carbocycles. The number of aliphatic carboxylic acids is 1. The zero-order valence-electron chi connectivity index (χ0n) is 10.4. The third kappa shape index (κ3) is 2.60. The van der Waals surface area contributed by atoms with E-state index in [1.165, 1.54) is 0 Å². The normalized spacial score (nSPS) is 19.9. The highest BCUT2D eigenvalue weighted by Gasteiger charge is 2.55. The van der Waals surface area contributed by atoms with Crippen LogP contribution in [0.5, 0.6) is 0 Å². The van der Waals surface area contributed by atoms with Crippen LogP contribution < -0.4 is 0 Å². The zero-order chi connectivity index (χ0) is 12.9. The molecule has 0 amide bonds. The highest BCUT2D eigenvalue weighted by Crippen LogP contribution is 2.37. The predicted octanol–water partition coefficient (Wildman–Crippen LogP) is 1.60. The van der Waals surface area contributed by atoms with Crippen molar-refractivity contribution < 1.29 is 24.2 Å². The van der Waals surface area contributed by atoms with Crippen LogP contribution in [0.1, 0.15) is 39.5 Å². The maximum Gasteiger partial charge on any atom is 0.350 e. The van der Waals surface area contributed by atoms with Gasteiger partial charge >= 0.3 is 11.9 Å². The van der Waals surface area contributed by atoms with Crippen LogP contribution in [0.2, 0.25) is 0 Å². The summed E-state index contributed by atoms with van der Waals surface area (Å²) < 4.78 is 10.2. The van der Waals surface area contributed by atoms with Crippen molar-refractivity contribution in [1.82, 2.24) is 0 Å². The molecule has 0 radical (unpaired) electrons. The summed E-state index contributed by atoms with van der Waals surface area (Å²) in [7, 11) is 0. The van der Waals surface area contributed by atoms with Gasteiger partial charge in [0.05, 0.1) is 6.61 Å². The molecule has 1 saturated carbocycles. The zero-order valence-corrected chi connectivity index (χ0v) is 10.4. The number of carbonyl (C=O) groups is 2.